The van der Waals surface area contributed by atoms with Crippen molar-refractivity contribution in [1.29, 1.82) is 0 Å². The summed E-state index contributed by atoms with van der Waals surface area (Å²) in [5, 5.41) is 1.08. The third-order valence-electron chi connectivity index (χ3n) is 4.26. The van der Waals surface area contributed by atoms with Crippen LogP contribution in [0.15, 0.2) is 65.2 Å². The van der Waals surface area contributed by atoms with E-state index in [2.05, 4.69) is 80.4 Å². The fraction of sp³-hybridized carbons (Fsp3) is 0.136. The highest BCUT2D eigenvalue weighted by molar-refractivity contribution is 5.85. The second-order valence-electron chi connectivity index (χ2n) is 6.46. The minimum atomic E-state index is 0.818. The van der Waals surface area contributed by atoms with Crippen LogP contribution in [0.4, 0.5) is 0 Å². The van der Waals surface area contributed by atoms with E-state index in [9.17, 15) is 0 Å². The molecule has 4 aromatic rings. The Morgan fingerprint density at radius 3 is 2.12 bits per heavy atom. The molecule has 2 nitrogen and oxygen atoms in total. The molecule has 0 amide bonds. The number of fused-ring (bicyclic) bond motifs is 1. The Bertz CT molecular complexity index is 1010. The fourth-order valence-electron chi connectivity index (χ4n) is 3.09. The predicted molar refractivity (Wildman–Crippen MR) is 99.1 cm³/mol. The molecule has 0 spiro atoms. The van der Waals surface area contributed by atoms with Crippen LogP contribution in [-0.2, 0) is 0 Å². The lowest BCUT2D eigenvalue weighted by Crippen LogP contribution is -1.85. The van der Waals surface area contributed by atoms with Crippen molar-refractivity contribution in [2.45, 2.75) is 20.8 Å². The average Bonchev–Trinajstić information content (AvgIpc) is 2.97. The van der Waals surface area contributed by atoms with E-state index in [0.717, 1.165) is 33.6 Å². The van der Waals surface area contributed by atoms with Crippen molar-refractivity contribution in [2.24, 2.45) is 0 Å². The minimum Gasteiger partial charge on any atom is -0.454 e. The van der Waals surface area contributed by atoms with Gasteiger partial charge in [0, 0.05) is 16.5 Å². The lowest BCUT2D eigenvalue weighted by molar-refractivity contribution is 0.630. The Balaban J connectivity index is 1.79. The highest BCUT2D eigenvalue weighted by Gasteiger charge is 2.09. The zero-order chi connectivity index (χ0) is 16.7. The van der Waals surface area contributed by atoms with Crippen molar-refractivity contribution in [3.63, 3.8) is 0 Å². The van der Waals surface area contributed by atoms with Gasteiger partial charge < -0.3 is 4.42 Å². The van der Waals surface area contributed by atoms with E-state index in [1.807, 2.05) is 6.20 Å². The van der Waals surface area contributed by atoms with E-state index in [0.29, 0.717) is 0 Å². The van der Waals surface area contributed by atoms with Gasteiger partial charge in [0.25, 0.3) is 0 Å². The van der Waals surface area contributed by atoms with Crippen molar-refractivity contribution in [1.82, 2.24) is 4.98 Å². The van der Waals surface area contributed by atoms with Crippen LogP contribution < -0.4 is 0 Å². The van der Waals surface area contributed by atoms with Crippen LogP contribution in [-0.4, -0.2) is 4.98 Å². The number of furan rings is 1. The number of aromatic nitrogens is 1. The maximum atomic E-state index is 5.97. The normalized spacial score (nSPS) is 11.1. The van der Waals surface area contributed by atoms with E-state index in [1.54, 1.807) is 0 Å². The largest absolute Gasteiger partial charge is 0.454 e. The first-order chi connectivity index (χ1) is 11.6. The summed E-state index contributed by atoms with van der Waals surface area (Å²) in [6.45, 7) is 6.31. The molecule has 2 heteroatoms. The molecular formula is C22H19NO. The summed E-state index contributed by atoms with van der Waals surface area (Å²) in [6, 6.07) is 19.1. The summed E-state index contributed by atoms with van der Waals surface area (Å²) in [5.41, 5.74) is 7.77. The monoisotopic (exact) mass is 313 g/mol. The molecule has 0 saturated carbocycles. The van der Waals surface area contributed by atoms with Crippen LogP contribution in [0.1, 0.15) is 16.7 Å². The van der Waals surface area contributed by atoms with Gasteiger partial charge in [-0.15, -0.1) is 0 Å². The maximum absolute atomic E-state index is 5.97. The molecule has 0 saturated heterocycles. The Morgan fingerprint density at radius 1 is 0.708 bits per heavy atom. The van der Waals surface area contributed by atoms with Gasteiger partial charge in [0.1, 0.15) is 5.76 Å². The van der Waals surface area contributed by atoms with Crippen LogP contribution in [0.5, 0.6) is 0 Å². The quantitative estimate of drug-likeness (QED) is 0.448. The van der Waals surface area contributed by atoms with Crippen molar-refractivity contribution in [2.75, 3.05) is 0 Å². The number of rotatable bonds is 2. The summed E-state index contributed by atoms with van der Waals surface area (Å²) >= 11 is 0. The van der Waals surface area contributed by atoms with Crippen LogP contribution >= 0.6 is 0 Å². The number of hydrogen-bond acceptors (Lipinski definition) is 2. The van der Waals surface area contributed by atoms with E-state index >= 15 is 0 Å². The van der Waals surface area contributed by atoms with Gasteiger partial charge in [-0.3, -0.25) is 4.98 Å². The van der Waals surface area contributed by atoms with Gasteiger partial charge in [-0.05, 0) is 45.0 Å². The summed E-state index contributed by atoms with van der Waals surface area (Å²) in [6.07, 6.45) is 1.82. The van der Waals surface area contributed by atoms with E-state index in [4.69, 9.17) is 4.42 Å². The molecule has 0 bridgehead atoms. The fourth-order valence-corrected chi connectivity index (χ4v) is 3.09. The second-order valence-corrected chi connectivity index (χ2v) is 6.46. The SMILES string of the molecule is Cc1ccc(-c2cc3cc(-c4cc(C)cc(C)c4)ncc3o2)cc1. The first kappa shape index (κ1) is 14.7. The van der Waals surface area contributed by atoms with Gasteiger partial charge in [0.2, 0.25) is 0 Å². The van der Waals surface area contributed by atoms with Crippen molar-refractivity contribution < 1.29 is 4.42 Å². The first-order valence-corrected chi connectivity index (χ1v) is 8.14. The molecular weight excluding hydrogens is 294 g/mol. The standard InChI is InChI=1S/C22H19NO/c1-14-4-6-17(7-5-14)21-12-19-11-20(23-13-22(19)24-21)18-9-15(2)8-16(3)10-18/h4-13H,1-3H3. The van der Waals surface area contributed by atoms with E-state index < -0.39 is 0 Å². The van der Waals surface area contributed by atoms with Crippen molar-refractivity contribution >= 4 is 11.0 Å². The zero-order valence-corrected chi connectivity index (χ0v) is 14.1. The molecule has 0 aliphatic carbocycles. The summed E-state index contributed by atoms with van der Waals surface area (Å²) in [4.78, 5) is 4.59. The third kappa shape index (κ3) is 2.71. The Kier molecular flexibility index (Phi) is 3.46. The van der Waals surface area contributed by atoms with E-state index in [-0.39, 0.29) is 0 Å². The number of hydrogen-bond donors (Lipinski definition) is 0. The molecule has 24 heavy (non-hydrogen) atoms. The van der Waals surface area contributed by atoms with Gasteiger partial charge in [-0.1, -0.05) is 47.0 Å². The van der Waals surface area contributed by atoms with Gasteiger partial charge in [0.15, 0.2) is 5.58 Å². The Labute approximate surface area is 141 Å². The van der Waals surface area contributed by atoms with Crippen LogP contribution in [0.2, 0.25) is 0 Å². The molecule has 2 aromatic heterocycles. The summed E-state index contributed by atoms with van der Waals surface area (Å²) in [5.74, 6) is 0.879. The highest BCUT2D eigenvalue weighted by atomic mass is 16.3. The molecule has 2 heterocycles. The molecule has 4 rings (SSSR count). The average molecular weight is 313 g/mol. The van der Waals surface area contributed by atoms with Crippen LogP contribution in [0.3, 0.4) is 0 Å². The molecule has 0 radical (unpaired) electrons. The van der Waals surface area contributed by atoms with E-state index in [1.165, 1.54) is 16.7 Å². The van der Waals surface area contributed by atoms with Crippen molar-refractivity contribution in [3.8, 4) is 22.6 Å². The minimum absolute atomic E-state index is 0.818. The maximum Gasteiger partial charge on any atom is 0.153 e. The second kappa shape index (κ2) is 5.64. The topological polar surface area (TPSA) is 26.0 Å². The van der Waals surface area contributed by atoms with Gasteiger partial charge in [-0.2, -0.15) is 0 Å². The smallest absolute Gasteiger partial charge is 0.153 e. The Morgan fingerprint density at radius 2 is 1.42 bits per heavy atom. The Hall–Kier alpha value is -2.87. The van der Waals surface area contributed by atoms with Gasteiger partial charge >= 0.3 is 0 Å². The molecule has 0 aliphatic rings. The lowest BCUT2D eigenvalue weighted by Gasteiger charge is -2.04. The lowest BCUT2D eigenvalue weighted by atomic mass is 10.0. The predicted octanol–water partition coefficient (Wildman–Crippen LogP) is 6.09. The molecule has 0 N–H and O–H groups in total. The zero-order valence-electron chi connectivity index (χ0n) is 14.1. The van der Waals surface area contributed by atoms with Crippen LogP contribution in [0, 0.1) is 20.8 Å². The highest BCUT2D eigenvalue weighted by Crippen LogP contribution is 2.30. The summed E-state index contributed by atoms with van der Waals surface area (Å²) < 4.78 is 5.97. The molecule has 0 fully saturated rings. The van der Waals surface area contributed by atoms with Gasteiger partial charge in [-0.25, -0.2) is 0 Å². The number of aryl methyl sites for hydroxylation is 3. The summed E-state index contributed by atoms with van der Waals surface area (Å²) in [7, 11) is 0. The molecule has 0 aliphatic heterocycles. The first-order valence-electron chi connectivity index (χ1n) is 8.14. The van der Waals surface area contributed by atoms with Gasteiger partial charge in [0.05, 0.1) is 11.9 Å². The van der Waals surface area contributed by atoms with Crippen molar-refractivity contribution in [3.05, 3.63) is 77.5 Å². The molecule has 0 atom stereocenters. The molecule has 118 valence electrons. The number of nitrogens with zero attached hydrogens (tertiary/aromatic N) is 1. The molecule has 2 aromatic carbocycles. The third-order valence-corrected chi connectivity index (χ3v) is 4.26. The number of benzene rings is 2. The number of pyridine rings is 1. The molecule has 0 unspecified atom stereocenters. The van der Waals surface area contributed by atoms with Crippen LogP contribution in [0.25, 0.3) is 33.6 Å².